The molecule has 0 aromatic rings. The van der Waals surface area contributed by atoms with E-state index in [0.29, 0.717) is 19.6 Å². The Morgan fingerprint density at radius 3 is 2.11 bits per heavy atom. The Morgan fingerprint density at radius 2 is 1.67 bits per heavy atom. The summed E-state index contributed by atoms with van der Waals surface area (Å²) in [6, 6.07) is 0. The Labute approximate surface area is 111 Å². The van der Waals surface area contributed by atoms with Gasteiger partial charge in [-0.05, 0) is 12.8 Å². The molecule has 0 bridgehead atoms. The van der Waals surface area contributed by atoms with Crippen molar-refractivity contribution in [2.24, 2.45) is 0 Å². The maximum absolute atomic E-state index is 10.0. The fourth-order valence-electron chi connectivity index (χ4n) is 0.703. The van der Waals surface area contributed by atoms with Gasteiger partial charge in [0.1, 0.15) is 0 Å². The quantitative estimate of drug-likeness (QED) is 0.201. The third-order valence-corrected chi connectivity index (χ3v) is 2.82. The lowest BCUT2D eigenvalue weighted by Gasteiger charge is -1.95. The largest absolute Gasteiger partial charge is 0.385 e. The highest BCUT2D eigenvalue weighted by Gasteiger charge is 2.01. The van der Waals surface area contributed by atoms with E-state index in [1.165, 1.54) is 7.11 Å². The molecule has 0 fully saturated rings. The van der Waals surface area contributed by atoms with Crippen LogP contribution in [0.4, 0.5) is 0 Å². The van der Waals surface area contributed by atoms with Gasteiger partial charge in [0.25, 0.3) is 10.1 Å². The highest BCUT2D eigenvalue weighted by molar-refractivity contribution is 7.94. The lowest BCUT2D eigenvalue weighted by atomic mass is 10.5. The Bertz CT molecular complexity index is 237. The highest BCUT2D eigenvalue weighted by Crippen LogP contribution is 2.03. The van der Waals surface area contributed by atoms with Crippen molar-refractivity contribution in [2.45, 2.75) is 12.8 Å². The van der Waals surface area contributed by atoms with E-state index >= 15 is 0 Å². The van der Waals surface area contributed by atoms with Crippen LogP contribution in [0.1, 0.15) is 12.8 Å². The third-order valence-electron chi connectivity index (χ3n) is 1.41. The fourth-order valence-corrected chi connectivity index (χ4v) is 1.53. The first-order valence-electron chi connectivity index (χ1n) is 5.00. The Morgan fingerprint density at radius 1 is 1.11 bits per heavy atom. The molecule has 10 heteroatoms. The number of methoxy groups -OCH3 is 2. The van der Waals surface area contributed by atoms with E-state index in [1.807, 2.05) is 0 Å². The van der Waals surface area contributed by atoms with Crippen LogP contribution in [-0.2, 0) is 29.0 Å². The zero-order valence-corrected chi connectivity index (χ0v) is 12.0. The van der Waals surface area contributed by atoms with Crippen LogP contribution in [0.25, 0.3) is 0 Å². The monoisotopic (exact) mass is 308 g/mol. The van der Waals surface area contributed by atoms with Crippen molar-refractivity contribution in [1.29, 1.82) is 0 Å². The number of ether oxygens (including phenoxy) is 2. The Balaban J connectivity index is 0. The van der Waals surface area contributed by atoms with Crippen molar-refractivity contribution in [3.63, 3.8) is 0 Å². The van der Waals surface area contributed by atoms with E-state index < -0.39 is 10.1 Å². The van der Waals surface area contributed by atoms with Crippen LogP contribution >= 0.6 is 12.0 Å². The average Bonchev–Trinajstić information content (AvgIpc) is 2.29. The van der Waals surface area contributed by atoms with Gasteiger partial charge in [-0.1, -0.05) is 5.04 Å². The van der Waals surface area contributed by atoms with Crippen molar-refractivity contribution in [2.75, 3.05) is 38.9 Å². The van der Waals surface area contributed by atoms with E-state index in [0.717, 1.165) is 24.2 Å². The molecule has 0 spiro atoms. The zero-order chi connectivity index (χ0) is 14.3. The van der Waals surface area contributed by atoms with Crippen LogP contribution in [0.15, 0.2) is 0 Å². The minimum absolute atomic E-state index is 0.221. The summed E-state index contributed by atoms with van der Waals surface area (Å²) in [6.07, 6.45) is 1.22. The molecule has 8 nitrogen and oxygen atoms in total. The van der Waals surface area contributed by atoms with Crippen molar-refractivity contribution in [1.82, 2.24) is 0 Å². The van der Waals surface area contributed by atoms with Crippen molar-refractivity contribution in [3.05, 3.63) is 0 Å². The number of rotatable bonds is 10. The molecule has 0 aliphatic heterocycles. The second kappa shape index (κ2) is 15.1. The van der Waals surface area contributed by atoms with Crippen LogP contribution < -0.4 is 0 Å². The molecule has 112 valence electrons. The minimum atomic E-state index is -3.78. The summed E-state index contributed by atoms with van der Waals surface area (Å²) in [6.45, 7) is 1.06. The van der Waals surface area contributed by atoms with Crippen LogP contribution in [-0.4, -0.2) is 57.2 Å². The second-order valence-corrected chi connectivity index (χ2v) is 5.30. The molecule has 0 atom stereocenters. The smallest absolute Gasteiger partial charge is 0.264 e. The third kappa shape index (κ3) is 25.0. The summed E-state index contributed by atoms with van der Waals surface area (Å²) in [4.78, 5) is 0. The van der Waals surface area contributed by atoms with E-state index in [2.05, 4.69) is 14.1 Å². The zero-order valence-electron chi connectivity index (χ0n) is 10.4. The molecule has 18 heavy (non-hydrogen) atoms. The maximum Gasteiger partial charge on any atom is 0.264 e. The topological polar surface area (TPSA) is 112 Å². The lowest BCUT2D eigenvalue weighted by Crippen LogP contribution is -2.05. The van der Waals surface area contributed by atoms with E-state index in [-0.39, 0.29) is 5.75 Å². The number of hydrogen-bond acceptors (Lipinski definition) is 8. The fraction of sp³-hybridized carbons (Fsp3) is 1.00. The average molecular weight is 308 g/mol. The van der Waals surface area contributed by atoms with Crippen molar-refractivity contribution >= 4 is 22.2 Å². The molecule has 0 aromatic carbocycles. The maximum atomic E-state index is 10.0. The normalized spacial score (nSPS) is 10.9. The van der Waals surface area contributed by atoms with Crippen LogP contribution in [0.5, 0.6) is 0 Å². The first-order valence-corrected chi connectivity index (χ1v) is 7.52. The molecule has 0 unspecified atom stereocenters. The van der Waals surface area contributed by atoms with Gasteiger partial charge in [0.15, 0.2) is 0 Å². The SMILES string of the molecule is COCCCS(=O)(=O)O.COCCCSOOO. The summed E-state index contributed by atoms with van der Waals surface area (Å²) < 4.78 is 41.6. The molecule has 0 saturated heterocycles. The number of hydrogen-bond donors (Lipinski definition) is 2. The summed E-state index contributed by atoms with van der Waals surface area (Å²) >= 11 is 1.04. The van der Waals surface area contributed by atoms with Gasteiger partial charge in [0.2, 0.25) is 0 Å². The molecular weight excluding hydrogens is 288 g/mol. The summed E-state index contributed by atoms with van der Waals surface area (Å²) in [5, 5.41) is 11.0. The Kier molecular flexibility index (Phi) is 17.1. The van der Waals surface area contributed by atoms with E-state index in [9.17, 15) is 8.42 Å². The van der Waals surface area contributed by atoms with Crippen LogP contribution in [0.3, 0.4) is 0 Å². The van der Waals surface area contributed by atoms with Crippen molar-refractivity contribution in [3.8, 4) is 0 Å². The first-order chi connectivity index (χ1) is 8.47. The predicted molar refractivity (Wildman–Crippen MR) is 66.7 cm³/mol. The van der Waals surface area contributed by atoms with Crippen LogP contribution in [0, 0.1) is 0 Å². The van der Waals surface area contributed by atoms with Gasteiger partial charge < -0.3 is 9.47 Å². The lowest BCUT2D eigenvalue weighted by molar-refractivity contribution is -0.432. The molecule has 0 amide bonds. The molecule has 0 saturated carbocycles. The molecule has 2 N–H and O–H groups in total. The molecule has 0 heterocycles. The molecule has 0 aliphatic carbocycles. The highest BCUT2D eigenvalue weighted by atomic mass is 32.2. The minimum Gasteiger partial charge on any atom is -0.385 e. The van der Waals surface area contributed by atoms with Gasteiger partial charge >= 0.3 is 0 Å². The molecule has 0 aromatic heterocycles. The first kappa shape index (κ1) is 20.4. The van der Waals surface area contributed by atoms with Gasteiger partial charge in [0, 0.05) is 45.2 Å². The van der Waals surface area contributed by atoms with Gasteiger partial charge in [-0.25, -0.2) is 5.26 Å². The summed E-state index contributed by atoms with van der Waals surface area (Å²) in [5.74, 6) is 0.523. The predicted octanol–water partition coefficient (Wildman–Crippen LogP) is 1.00. The molecular formula is C8H20O8S2. The van der Waals surface area contributed by atoms with Gasteiger partial charge in [-0.3, -0.25) is 4.55 Å². The van der Waals surface area contributed by atoms with E-state index in [4.69, 9.17) is 14.5 Å². The second-order valence-electron chi connectivity index (χ2n) is 2.94. The summed E-state index contributed by atoms with van der Waals surface area (Å²) in [5.41, 5.74) is 0. The van der Waals surface area contributed by atoms with Gasteiger partial charge in [0.05, 0.1) is 5.75 Å². The van der Waals surface area contributed by atoms with Crippen molar-refractivity contribution < 1.29 is 37.1 Å². The molecule has 0 aliphatic rings. The van der Waals surface area contributed by atoms with E-state index in [1.54, 1.807) is 7.11 Å². The van der Waals surface area contributed by atoms with Crippen LogP contribution in [0.2, 0.25) is 0 Å². The Hall–Kier alpha value is 0.0600. The standard InChI is InChI=1S/2C4H10O4S/c1-8-3-2-4-9(5,6)7;1-6-3-2-4-9-8-7-5/h2-4H2,1H3,(H,5,6,7);5H,2-4H2,1H3. The van der Waals surface area contributed by atoms with Gasteiger partial charge in [-0.15, -0.1) is 4.33 Å². The molecule has 0 rings (SSSR count). The molecule has 0 radical (unpaired) electrons. The van der Waals surface area contributed by atoms with Gasteiger partial charge in [-0.2, -0.15) is 8.42 Å². The summed E-state index contributed by atoms with van der Waals surface area (Å²) in [7, 11) is -0.667.